The number of benzene rings is 3. The Morgan fingerprint density at radius 1 is 1.10 bits per heavy atom. The van der Waals surface area contributed by atoms with Gasteiger partial charge in [0, 0.05) is 41.0 Å². The topological polar surface area (TPSA) is 50.2 Å². The fraction of sp³-hybridized carbons (Fsp3) is 0.0769. The second-order valence-electron chi connectivity index (χ2n) is 6.37. The normalized spacial score (nSPS) is 14.7. The number of fused-ring (bicyclic) bond motifs is 5. The van der Waals surface area contributed by atoms with Gasteiger partial charge in [-0.15, -0.1) is 47.2 Å². The maximum Gasteiger partial charge on any atom is 0.155 e. The third kappa shape index (κ3) is 4.91. The van der Waals surface area contributed by atoms with Crippen molar-refractivity contribution in [1.82, 2.24) is 4.98 Å². The average molecular weight is 611 g/mol. The van der Waals surface area contributed by atoms with Gasteiger partial charge in [-0.1, -0.05) is 36.3 Å². The van der Waals surface area contributed by atoms with E-state index in [-0.39, 0.29) is 78.8 Å². The molecule has 3 nitrogen and oxygen atoms in total. The van der Waals surface area contributed by atoms with Crippen molar-refractivity contribution in [2.75, 3.05) is 0 Å². The van der Waals surface area contributed by atoms with Crippen LogP contribution >= 0.6 is 11.3 Å². The number of aliphatic hydroxyl groups is 1. The summed E-state index contributed by atoms with van der Waals surface area (Å²) in [5.74, 6) is -0.0625. The molecule has 0 amide bonds. The van der Waals surface area contributed by atoms with Crippen LogP contribution in [0.4, 0.5) is 0 Å². The fourth-order valence-electron chi connectivity index (χ4n) is 2.97. The summed E-state index contributed by atoms with van der Waals surface area (Å²) >= 11 is 1.09. The third-order valence-corrected chi connectivity index (χ3v) is 5.19. The van der Waals surface area contributed by atoms with E-state index in [1.54, 1.807) is 24.3 Å². The van der Waals surface area contributed by atoms with Crippen LogP contribution in [0.3, 0.4) is 0 Å². The molecule has 2 aromatic heterocycles. The molecule has 2 heterocycles. The first-order valence-electron chi connectivity index (χ1n) is 12.9. The zero-order valence-corrected chi connectivity index (χ0v) is 19.6. The van der Waals surface area contributed by atoms with E-state index in [4.69, 9.17) is 16.1 Å². The molecule has 157 valence electrons. The first-order chi connectivity index (χ1) is 17.9. The average Bonchev–Trinajstić information content (AvgIpc) is 3.28. The number of allylic oxidation sites excluding steroid dienone is 2. The number of nitrogens with zero attached hydrogens (tertiary/aromatic N) is 1. The predicted molar refractivity (Wildman–Crippen MR) is 126 cm³/mol. The minimum absolute atomic E-state index is 0. The summed E-state index contributed by atoms with van der Waals surface area (Å²) in [7, 11) is 0. The number of para-hydroxylation sites is 1. The van der Waals surface area contributed by atoms with Crippen molar-refractivity contribution in [3.8, 4) is 11.3 Å². The standard InChI is InChI=1S/C21H12NS.C5H8O2.Ir/c1-2-8-14(9-3-1)20-19-16-11-5-7-13-18(16)23-21(19)15-10-4-6-12-17(15)22-20;1-4(6)3-5(2)7;/h1-8,10-13H;3,6H,1-2H3;/q-1;;/b;4-3-;/i4D,5D,6D,7D,10D,11D,12D,13D;;. The number of carbonyl (C=O) groups is 1. The van der Waals surface area contributed by atoms with Crippen LogP contribution in [0.5, 0.6) is 0 Å². The van der Waals surface area contributed by atoms with E-state index in [9.17, 15) is 4.79 Å². The Hall–Kier alpha value is -2.85. The van der Waals surface area contributed by atoms with Crippen LogP contribution in [0, 0.1) is 6.07 Å². The molecule has 31 heavy (non-hydrogen) atoms. The summed E-state index contributed by atoms with van der Waals surface area (Å²) in [6.45, 7) is 2.85. The van der Waals surface area contributed by atoms with Crippen molar-refractivity contribution in [3.05, 3.63) is 90.5 Å². The van der Waals surface area contributed by atoms with Crippen molar-refractivity contribution in [1.29, 1.82) is 0 Å². The summed E-state index contributed by atoms with van der Waals surface area (Å²) < 4.78 is 66.7. The van der Waals surface area contributed by atoms with Crippen molar-refractivity contribution in [3.63, 3.8) is 0 Å². The van der Waals surface area contributed by atoms with Gasteiger partial charge in [-0.2, -0.15) is 0 Å². The number of thiophene rings is 1. The van der Waals surface area contributed by atoms with Gasteiger partial charge in [0.05, 0.1) is 22.2 Å². The number of pyridine rings is 1. The molecule has 1 N–H and O–H groups in total. The van der Waals surface area contributed by atoms with Gasteiger partial charge in [0.25, 0.3) is 0 Å². The molecule has 0 aliphatic rings. The number of aliphatic hydroxyl groups excluding tert-OH is 1. The van der Waals surface area contributed by atoms with Gasteiger partial charge in [-0.05, 0) is 42.4 Å². The summed E-state index contributed by atoms with van der Waals surface area (Å²) in [6, 6.07) is 7.68. The second kappa shape index (κ2) is 9.97. The van der Waals surface area contributed by atoms with Crippen LogP contribution in [0.15, 0.2) is 84.4 Å². The van der Waals surface area contributed by atoms with Crippen LogP contribution in [0.25, 0.3) is 42.3 Å². The Balaban J connectivity index is 0.000000468. The number of aromatic nitrogens is 1. The Labute approximate surface area is 209 Å². The molecule has 5 heteroatoms. The molecule has 5 aromatic rings. The molecule has 0 saturated carbocycles. The van der Waals surface area contributed by atoms with E-state index >= 15 is 0 Å². The van der Waals surface area contributed by atoms with Crippen LogP contribution in [0.1, 0.15) is 24.8 Å². The van der Waals surface area contributed by atoms with Gasteiger partial charge in [0.2, 0.25) is 0 Å². The molecule has 0 aliphatic carbocycles. The summed E-state index contributed by atoms with van der Waals surface area (Å²) in [4.78, 5) is 14.6. The molecule has 1 radical (unpaired) electrons. The molecule has 0 atom stereocenters. The summed E-state index contributed by atoms with van der Waals surface area (Å²) in [6.07, 6.45) is 1.17. The molecule has 0 bridgehead atoms. The van der Waals surface area contributed by atoms with Gasteiger partial charge < -0.3 is 5.11 Å². The maximum absolute atomic E-state index is 10.0. The number of carbonyl (C=O) groups excluding carboxylic acids is 1. The van der Waals surface area contributed by atoms with Gasteiger partial charge in [0.1, 0.15) is 0 Å². The van der Waals surface area contributed by atoms with Crippen molar-refractivity contribution >= 4 is 48.2 Å². The molecule has 0 spiro atoms. The van der Waals surface area contributed by atoms with Crippen LogP contribution < -0.4 is 0 Å². The van der Waals surface area contributed by atoms with E-state index in [1.807, 2.05) is 0 Å². The Kier molecular flexibility index (Phi) is 4.59. The Bertz CT molecular complexity index is 1800. The largest absolute Gasteiger partial charge is 0.512 e. The second-order valence-corrected chi connectivity index (χ2v) is 7.39. The Morgan fingerprint density at radius 2 is 1.81 bits per heavy atom. The molecule has 0 unspecified atom stereocenters. The molecule has 0 fully saturated rings. The minimum atomic E-state index is -0.392. The van der Waals surface area contributed by atoms with E-state index < -0.39 is 12.1 Å². The summed E-state index contributed by atoms with van der Waals surface area (Å²) in [5.41, 5.74) is 1.02. The van der Waals surface area contributed by atoms with Gasteiger partial charge in [0.15, 0.2) is 5.78 Å². The summed E-state index contributed by atoms with van der Waals surface area (Å²) in [5, 5.41) is 9.30. The van der Waals surface area contributed by atoms with Crippen molar-refractivity contribution < 1.29 is 41.0 Å². The van der Waals surface area contributed by atoms with Gasteiger partial charge >= 0.3 is 0 Å². The van der Waals surface area contributed by atoms with Gasteiger partial charge in [-0.3, -0.25) is 9.78 Å². The molecule has 5 rings (SSSR count). The van der Waals surface area contributed by atoms with E-state index in [0.717, 1.165) is 11.3 Å². The van der Waals surface area contributed by atoms with Gasteiger partial charge in [-0.25, -0.2) is 0 Å². The molecular weight excluding hydrogens is 583 g/mol. The quantitative estimate of drug-likeness (QED) is 0.132. The zero-order chi connectivity index (χ0) is 28.0. The van der Waals surface area contributed by atoms with E-state index in [1.165, 1.54) is 19.9 Å². The Morgan fingerprint density at radius 3 is 2.45 bits per heavy atom. The fourth-order valence-corrected chi connectivity index (χ4v) is 4.09. The van der Waals surface area contributed by atoms with Crippen LogP contribution in [-0.2, 0) is 24.9 Å². The smallest absolute Gasteiger partial charge is 0.155 e. The van der Waals surface area contributed by atoms with E-state index in [0.29, 0.717) is 31.4 Å². The SMILES string of the molecule is CC(=O)/C=C(/C)O.[2H]c1c([2H])c([2H])c2c(nc(-c3[c-]cccc3)c3c2sc2c([2H])c([2H])c([2H])c([2H])c23)c1[2H].[Ir]. The number of ketones is 1. The predicted octanol–water partition coefficient (Wildman–Crippen LogP) is 7.10. The molecular formula is C26H20IrNO2S-. The van der Waals surface area contributed by atoms with Crippen LogP contribution in [0.2, 0.25) is 0 Å². The number of hydrogen-bond acceptors (Lipinski definition) is 4. The first kappa shape index (κ1) is 14.3. The number of hydrogen-bond donors (Lipinski definition) is 1. The van der Waals surface area contributed by atoms with Crippen LogP contribution in [-0.4, -0.2) is 15.9 Å². The third-order valence-electron chi connectivity index (χ3n) is 4.07. The zero-order valence-electron chi connectivity index (χ0n) is 24.4. The monoisotopic (exact) mass is 611 g/mol. The first-order valence-corrected chi connectivity index (χ1v) is 9.75. The maximum atomic E-state index is 10.0. The minimum Gasteiger partial charge on any atom is -0.512 e. The van der Waals surface area contributed by atoms with Crippen molar-refractivity contribution in [2.24, 2.45) is 0 Å². The molecule has 0 aliphatic heterocycles. The molecule has 0 saturated heterocycles. The molecule has 3 aromatic carbocycles. The van der Waals surface area contributed by atoms with E-state index in [2.05, 4.69) is 11.1 Å². The van der Waals surface area contributed by atoms with Crippen molar-refractivity contribution in [2.45, 2.75) is 13.8 Å². The number of rotatable bonds is 2.